The fourth-order valence-electron chi connectivity index (χ4n) is 5.81. The van der Waals surface area contributed by atoms with Gasteiger partial charge in [-0.05, 0) is 83.5 Å². The van der Waals surface area contributed by atoms with E-state index in [4.69, 9.17) is 4.42 Å². The van der Waals surface area contributed by atoms with Gasteiger partial charge in [0.15, 0.2) is 0 Å². The first-order chi connectivity index (χ1) is 23.0. The number of thioether (sulfide) groups is 1. The second-order valence-corrected chi connectivity index (χ2v) is 15.8. The summed E-state index contributed by atoms with van der Waals surface area (Å²) in [6, 6.07) is 31.9. The van der Waals surface area contributed by atoms with E-state index in [0.717, 1.165) is 48.8 Å². The minimum Gasteiger partial charge on any atom is -0.456 e. The Hall–Kier alpha value is -4.13. The highest BCUT2D eigenvalue weighted by Gasteiger charge is 2.26. The third-order valence-corrected chi connectivity index (χ3v) is 10.8. The molecule has 5 aromatic rings. The van der Waals surface area contributed by atoms with Crippen molar-refractivity contribution in [2.45, 2.75) is 31.1 Å². The standard InChI is InChI=1S/C37H35NO7S3/c1-2-26(22-35-31(18-21-48(42,43)44)32-24-29(14-16-34(32)45-35)27-10-5-3-6-11-27)23-37-38(19-9-20-47(39,40)41)33-25-30(15-17-36(33)46-37)28-12-7-4-8-13-28/h3-8,10-17,22-25H,2,9,18-21H2,1H3,(H,39,40,41)(H,42,43,44)/b26-22-,37-23-. The summed E-state index contributed by atoms with van der Waals surface area (Å²) < 4.78 is 72.1. The van der Waals surface area contributed by atoms with Gasteiger partial charge in [-0.25, -0.2) is 0 Å². The summed E-state index contributed by atoms with van der Waals surface area (Å²) in [6.07, 6.45) is 4.86. The summed E-state index contributed by atoms with van der Waals surface area (Å²) in [5.74, 6) is -0.290. The topological polar surface area (TPSA) is 125 Å². The number of nitrogens with zero attached hydrogens (tertiary/aromatic N) is 1. The third kappa shape index (κ3) is 8.11. The van der Waals surface area contributed by atoms with Crippen molar-refractivity contribution in [3.05, 3.63) is 125 Å². The van der Waals surface area contributed by atoms with Crippen LogP contribution in [-0.4, -0.2) is 44.0 Å². The molecule has 8 nitrogen and oxygen atoms in total. The maximum atomic E-state index is 11.8. The van der Waals surface area contributed by atoms with E-state index in [1.165, 1.54) is 0 Å². The van der Waals surface area contributed by atoms with E-state index in [-0.39, 0.29) is 18.6 Å². The van der Waals surface area contributed by atoms with Gasteiger partial charge in [0.1, 0.15) is 11.3 Å². The van der Waals surface area contributed by atoms with Crippen LogP contribution in [0.25, 0.3) is 39.3 Å². The van der Waals surface area contributed by atoms with Gasteiger partial charge in [0.2, 0.25) is 0 Å². The molecule has 248 valence electrons. The second-order valence-electron chi connectivity index (χ2n) is 11.6. The summed E-state index contributed by atoms with van der Waals surface area (Å²) in [7, 11) is -8.35. The number of aryl methyl sites for hydroxylation is 1. The highest BCUT2D eigenvalue weighted by atomic mass is 32.2. The molecule has 4 aromatic carbocycles. The first kappa shape index (κ1) is 33.8. The molecule has 0 saturated carbocycles. The van der Waals surface area contributed by atoms with Crippen LogP contribution in [0.3, 0.4) is 0 Å². The van der Waals surface area contributed by atoms with Gasteiger partial charge in [-0.3, -0.25) is 9.11 Å². The zero-order valence-corrected chi connectivity index (χ0v) is 28.7. The Balaban J connectivity index is 1.40. The predicted octanol–water partition coefficient (Wildman–Crippen LogP) is 8.72. The summed E-state index contributed by atoms with van der Waals surface area (Å²) in [5.41, 5.74) is 7.21. The number of hydrogen-bond donors (Lipinski definition) is 2. The van der Waals surface area contributed by atoms with Crippen LogP contribution in [0.1, 0.15) is 31.1 Å². The molecule has 1 aromatic heterocycles. The lowest BCUT2D eigenvalue weighted by Gasteiger charge is -2.21. The van der Waals surface area contributed by atoms with Gasteiger partial charge in [0, 0.05) is 22.4 Å². The summed E-state index contributed by atoms with van der Waals surface area (Å²) in [4.78, 5) is 3.10. The van der Waals surface area contributed by atoms with Crippen molar-refractivity contribution in [2.75, 3.05) is 23.0 Å². The Kier molecular flexibility index (Phi) is 9.95. The highest BCUT2D eigenvalue weighted by molar-refractivity contribution is 8.03. The molecule has 2 heterocycles. The molecule has 0 bridgehead atoms. The van der Waals surface area contributed by atoms with Gasteiger partial charge in [-0.2, -0.15) is 16.8 Å². The fourth-order valence-corrected chi connectivity index (χ4v) is 7.91. The zero-order valence-electron chi connectivity index (χ0n) is 26.2. The van der Waals surface area contributed by atoms with E-state index in [9.17, 15) is 25.9 Å². The van der Waals surface area contributed by atoms with Gasteiger partial charge < -0.3 is 9.32 Å². The highest BCUT2D eigenvalue weighted by Crippen LogP contribution is 2.48. The van der Waals surface area contributed by atoms with Crippen molar-refractivity contribution in [3.8, 4) is 22.3 Å². The lowest BCUT2D eigenvalue weighted by atomic mass is 10.0. The van der Waals surface area contributed by atoms with Crippen LogP contribution >= 0.6 is 11.8 Å². The Morgan fingerprint density at radius 3 is 2.04 bits per heavy atom. The molecule has 0 aliphatic carbocycles. The molecule has 0 atom stereocenters. The molecule has 1 aliphatic heterocycles. The van der Waals surface area contributed by atoms with Gasteiger partial charge >= 0.3 is 0 Å². The van der Waals surface area contributed by atoms with E-state index < -0.39 is 26.0 Å². The van der Waals surface area contributed by atoms with E-state index in [1.54, 1.807) is 11.8 Å². The molecule has 0 saturated heterocycles. The van der Waals surface area contributed by atoms with Crippen molar-refractivity contribution in [1.29, 1.82) is 0 Å². The van der Waals surface area contributed by atoms with Crippen molar-refractivity contribution >= 4 is 54.7 Å². The minimum atomic E-state index is -4.23. The lowest BCUT2D eigenvalue weighted by molar-refractivity contribution is 0.479. The van der Waals surface area contributed by atoms with Crippen LogP contribution in [0.15, 0.2) is 123 Å². The van der Waals surface area contributed by atoms with Crippen LogP contribution in [0.4, 0.5) is 5.69 Å². The summed E-state index contributed by atoms with van der Waals surface area (Å²) >= 11 is 1.57. The molecule has 2 N–H and O–H groups in total. The van der Waals surface area contributed by atoms with E-state index in [1.807, 2.05) is 97.9 Å². The molecule has 6 rings (SSSR count). The van der Waals surface area contributed by atoms with Crippen molar-refractivity contribution in [2.24, 2.45) is 0 Å². The summed E-state index contributed by atoms with van der Waals surface area (Å²) in [6.45, 7) is 2.38. The quantitative estimate of drug-likeness (QED) is 0.123. The Morgan fingerprint density at radius 1 is 0.792 bits per heavy atom. The van der Waals surface area contributed by atoms with Crippen molar-refractivity contribution in [1.82, 2.24) is 0 Å². The Morgan fingerprint density at radius 2 is 1.42 bits per heavy atom. The van der Waals surface area contributed by atoms with Crippen LogP contribution in [0, 0.1) is 0 Å². The molecule has 48 heavy (non-hydrogen) atoms. The monoisotopic (exact) mass is 701 g/mol. The minimum absolute atomic E-state index is 0.0632. The molecular formula is C37H35NO7S3. The van der Waals surface area contributed by atoms with Crippen LogP contribution < -0.4 is 4.90 Å². The first-order valence-corrected chi connectivity index (χ1v) is 19.6. The SMILES string of the molecule is CCC(=C/c1oc2ccc(-c3ccccc3)cc2c1CCS(=O)(=O)O)/C=C1\Sc2ccc(-c3ccccc3)cc2N1CCCS(=O)(=O)O. The van der Waals surface area contributed by atoms with Gasteiger partial charge in [-0.15, -0.1) is 0 Å². The van der Waals surface area contributed by atoms with E-state index >= 15 is 0 Å². The number of rotatable bonds is 12. The number of fused-ring (bicyclic) bond motifs is 2. The largest absolute Gasteiger partial charge is 0.456 e. The smallest absolute Gasteiger partial charge is 0.265 e. The molecule has 1 aliphatic rings. The number of allylic oxidation sites excluding steroid dienone is 2. The molecular weight excluding hydrogens is 667 g/mol. The molecule has 0 unspecified atom stereocenters. The molecule has 0 radical (unpaired) electrons. The van der Waals surface area contributed by atoms with Crippen LogP contribution in [0.2, 0.25) is 0 Å². The number of hydrogen-bond acceptors (Lipinski definition) is 7. The Bertz CT molecular complexity index is 2230. The number of anilines is 1. The Labute approximate surface area is 285 Å². The molecule has 0 amide bonds. The lowest BCUT2D eigenvalue weighted by Crippen LogP contribution is -2.21. The van der Waals surface area contributed by atoms with E-state index in [0.29, 0.717) is 29.9 Å². The normalized spacial score (nSPS) is 14.6. The average molecular weight is 702 g/mol. The summed E-state index contributed by atoms with van der Waals surface area (Å²) in [5, 5.41) is 1.66. The molecule has 0 fully saturated rings. The fraction of sp³-hybridized carbons (Fsp3) is 0.189. The first-order valence-electron chi connectivity index (χ1n) is 15.6. The van der Waals surface area contributed by atoms with Crippen LogP contribution in [-0.2, 0) is 26.7 Å². The molecule has 0 spiro atoms. The predicted molar refractivity (Wildman–Crippen MR) is 194 cm³/mol. The third-order valence-electron chi connectivity index (χ3n) is 8.19. The maximum Gasteiger partial charge on any atom is 0.265 e. The van der Waals surface area contributed by atoms with Gasteiger partial charge in [0.25, 0.3) is 20.2 Å². The second kappa shape index (κ2) is 14.2. The maximum absolute atomic E-state index is 11.8. The van der Waals surface area contributed by atoms with Gasteiger partial charge in [-0.1, -0.05) is 91.5 Å². The number of furan rings is 1. The average Bonchev–Trinajstić information content (AvgIpc) is 3.59. The van der Waals surface area contributed by atoms with Crippen LogP contribution in [0.5, 0.6) is 0 Å². The van der Waals surface area contributed by atoms with Crippen molar-refractivity contribution in [3.63, 3.8) is 0 Å². The van der Waals surface area contributed by atoms with Gasteiger partial charge in [0.05, 0.1) is 22.2 Å². The number of benzene rings is 4. The zero-order chi connectivity index (χ0) is 33.9. The van der Waals surface area contributed by atoms with E-state index in [2.05, 4.69) is 23.1 Å². The molecule has 11 heteroatoms. The van der Waals surface area contributed by atoms with Crippen molar-refractivity contribution < 1.29 is 30.4 Å².